The monoisotopic (exact) mass is 334 g/mol. The number of nitrogens with zero attached hydrogens (tertiary/aromatic N) is 1. The molecule has 1 aliphatic rings. The molecule has 0 amide bonds. The molecule has 8 heteroatoms. The predicted octanol–water partition coefficient (Wildman–Crippen LogP) is 1.26. The molecule has 1 saturated heterocycles. The van der Waals surface area contributed by atoms with Gasteiger partial charge in [-0.1, -0.05) is 11.6 Å². The maximum absolute atomic E-state index is 12.8. The lowest BCUT2D eigenvalue weighted by atomic mass is 10.2. The minimum absolute atomic E-state index is 0.163. The second kappa shape index (κ2) is 6.10. The second-order valence-corrected chi connectivity index (χ2v) is 7.32. The van der Waals surface area contributed by atoms with Crippen molar-refractivity contribution in [3.8, 4) is 0 Å². The van der Waals surface area contributed by atoms with Crippen molar-refractivity contribution in [2.75, 3.05) is 33.0 Å². The van der Waals surface area contributed by atoms with E-state index in [2.05, 4.69) is 0 Å². The first-order valence-corrected chi connectivity index (χ1v) is 8.24. The van der Waals surface area contributed by atoms with E-state index < -0.39 is 10.0 Å². The molecule has 1 heterocycles. The fourth-order valence-corrected chi connectivity index (χ4v) is 4.37. The van der Waals surface area contributed by atoms with Gasteiger partial charge in [0.15, 0.2) is 0 Å². The van der Waals surface area contributed by atoms with Gasteiger partial charge in [0.05, 0.1) is 27.8 Å². The average molecular weight is 335 g/mol. The van der Waals surface area contributed by atoms with E-state index in [1.165, 1.54) is 10.4 Å². The Bertz CT molecular complexity index is 623. The normalized spacial score (nSPS) is 23.6. The molecule has 0 saturated carbocycles. The average Bonchev–Trinajstić information content (AvgIpc) is 2.86. The number of aryl methyl sites for hydroxylation is 1. The van der Waals surface area contributed by atoms with Crippen LogP contribution in [0.25, 0.3) is 0 Å². The lowest BCUT2D eigenvalue weighted by molar-refractivity contribution is -0.00461. The molecule has 0 aromatic heterocycles. The number of hydrogen-bond acceptors (Lipinski definition) is 5. The van der Waals surface area contributed by atoms with Gasteiger partial charge in [0.1, 0.15) is 0 Å². The van der Waals surface area contributed by atoms with E-state index in [1.807, 2.05) is 0 Å². The van der Waals surface area contributed by atoms with Crippen molar-refractivity contribution in [3.05, 3.63) is 22.7 Å². The van der Waals surface area contributed by atoms with Crippen molar-refractivity contribution in [2.45, 2.75) is 24.0 Å². The van der Waals surface area contributed by atoms with Gasteiger partial charge in [-0.05, 0) is 24.6 Å². The second-order valence-electron chi connectivity index (χ2n) is 5.01. The van der Waals surface area contributed by atoms with E-state index in [1.54, 1.807) is 27.2 Å². The van der Waals surface area contributed by atoms with Gasteiger partial charge in [-0.25, -0.2) is 8.42 Å². The topological polar surface area (TPSA) is 81.9 Å². The van der Waals surface area contributed by atoms with Crippen LogP contribution in [-0.4, -0.2) is 52.2 Å². The summed E-state index contributed by atoms with van der Waals surface area (Å²) < 4.78 is 37.4. The molecule has 2 rings (SSSR count). The van der Waals surface area contributed by atoms with Gasteiger partial charge >= 0.3 is 0 Å². The summed E-state index contributed by atoms with van der Waals surface area (Å²) in [5.74, 6) is 0. The maximum Gasteiger partial charge on any atom is 0.243 e. The third-order valence-electron chi connectivity index (χ3n) is 3.70. The smallest absolute Gasteiger partial charge is 0.243 e. The third kappa shape index (κ3) is 3.02. The van der Waals surface area contributed by atoms with Gasteiger partial charge in [0.2, 0.25) is 10.0 Å². The summed E-state index contributed by atoms with van der Waals surface area (Å²) in [5, 5.41) is 0.345. The number of rotatable bonds is 4. The van der Waals surface area contributed by atoms with Gasteiger partial charge in [0.25, 0.3) is 0 Å². The van der Waals surface area contributed by atoms with Gasteiger partial charge < -0.3 is 15.2 Å². The number of benzene rings is 1. The molecule has 2 N–H and O–H groups in total. The van der Waals surface area contributed by atoms with E-state index in [-0.39, 0.29) is 35.9 Å². The van der Waals surface area contributed by atoms with E-state index >= 15 is 0 Å². The van der Waals surface area contributed by atoms with Crippen LogP contribution in [0.4, 0.5) is 5.69 Å². The van der Waals surface area contributed by atoms with E-state index in [4.69, 9.17) is 26.8 Å². The number of sulfonamides is 1. The quantitative estimate of drug-likeness (QED) is 0.838. The number of hydrogen-bond donors (Lipinski definition) is 1. The number of nitrogens with two attached hydrogens (primary N) is 1. The van der Waals surface area contributed by atoms with Crippen molar-refractivity contribution in [1.82, 2.24) is 4.31 Å². The molecular formula is C13H19ClN2O4S. The highest BCUT2D eigenvalue weighted by Gasteiger charge is 2.40. The van der Waals surface area contributed by atoms with Gasteiger partial charge in [-0.15, -0.1) is 0 Å². The van der Waals surface area contributed by atoms with Crippen LogP contribution in [0.15, 0.2) is 17.0 Å². The summed E-state index contributed by atoms with van der Waals surface area (Å²) in [4.78, 5) is 0.163. The third-order valence-corrected chi connectivity index (χ3v) is 6.00. The van der Waals surface area contributed by atoms with Crippen molar-refractivity contribution in [1.29, 1.82) is 0 Å². The molecule has 0 aliphatic carbocycles. The Balaban J connectivity index is 2.38. The lowest BCUT2D eigenvalue weighted by Crippen LogP contribution is -2.30. The Hall–Kier alpha value is -0.860. The molecule has 0 radical (unpaired) electrons. The summed E-state index contributed by atoms with van der Waals surface area (Å²) in [6.45, 7) is 2.19. The lowest BCUT2D eigenvalue weighted by Gasteiger charge is -2.18. The van der Waals surface area contributed by atoms with Gasteiger partial charge in [-0.3, -0.25) is 0 Å². The summed E-state index contributed by atoms with van der Waals surface area (Å²) in [5.41, 5.74) is 6.53. The van der Waals surface area contributed by atoms with Gasteiger partial charge in [0, 0.05) is 27.3 Å². The largest absolute Gasteiger partial charge is 0.397 e. The number of ether oxygens (including phenoxy) is 2. The highest BCUT2D eigenvalue weighted by atomic mass is 35.5. The standard InChI is InChI=1S/C13H19ClN2O4S/c1-8-4-9(14)10(15)5-13(8)21(17,18)16-6-11(19-2)12(7-16)20-3/h4-5,11-12H,6-7,15H2,1-3H3. The molecule has 1 aromatic carbocycles. The fraction of sp³-hybridized carbons (Fsp3) is 0.538. The van der Waals surface area contributed by atoms with Crippen molar-refractivity contribution in [2.24, 2.45) is 0 Å². The molecular weight excluding hydrogens is 316 g/mol. The number of anilines is 1. The predicted molar refractivity (Wildman–Crippen MR) is 81.0 cm³/mol. The van der Waals surface area contributed by atoms with Crippen LogP contribution in [0.3, 0.4) is 0 Å². The number of nitrogen functional groups attached to an aromatic ring is 1. The van der Waals surface area contributed by atoms with Crippen LogP contribution < -0.4 is 5.73 Å². The number of halogens is 1. The Labute approximate surface area is 129 Å². The number of methoxy groups -OCH3 is 2. The molecule has 1 fully saturated rings. The van der Waals surface area contributed by atoms with E-state index in [9.17, 15) is 8.42 Å². The van der Waals surface area contributed by atoms with Crippen molar-refractivity contribution < 1.29 is 17.9 Å². The van der Waals surface area contributed by atoms with E-state index in [0.29, 0.717) is 10.6 Å². The van der Waals surface area contributed by atoms with Crippen LogP contribution in [0, 0.1) is 6.92 Å². The zero-order chi connectivity index (χ0) is 15.8. The molecule has 0 bridgehead atoms. The minimum Gasteiger partial charge on any atom is -0.397 e. The molecule has 118 valence electrons. The zero-order valence-corrected chi connectivity index (χ0v) is 13.7. The molecule has 1 aromatic rings. The Morgan fingerprint density at radius 3 is 2.24 bits per heavy atom. The first-order valence-electron chi connectivity index (χ1n) is 6.42. The fourth-order valence-electron chi connectivity index (χ4n) is 2.45. The molecule has 21 heavy (non-hydrogen) atoms. The van der Waals surface area contributed by atoms with Crippen LogP contribution in [0.1, 0.15) is 5.56 Å². The van der Waals surface area contributed by atoms with Crippen LogP contribution in [0.5, 0.6) is 0 Å². The summed E-state index contributed by atoms with van der Waals surface area (Å²) in [6, 6.07) is 2.95. The minimum atomic E-state index is -3.66. The first-order chi connectivity index (χ1) is 9.81. The molecule has 6 nitrogen and oxygen atoms in total. The Morgan fingerprint density at radius 2 is 1.76 bits per heavy atom. The van der Waals surface area contributed by atoms with E-state index in [0.717, 1.165) is 0 Å². The summed E-state index contributed by atoms with van der Waals surface area (Å²) in [7, 11) is -0.580. The Morgan fingerprint density at radius 1 is 1.24 bits per heavy atom. The maximum atomic E-state index is 12.8. The zero-order valence-electron chi connectivity index (χ0n) is 12.2. The van der Waals surface area contributed by atoms with Crippen molar-refractivity contribution in [3.63, 3.8) is 0 Å². The summed E-state index contributed by atoms with van der Waals surface area (Å²) in [6.07, 6.45) is -0.565. The molecule has 2 atom stereocenters. The molecule has 1 aliphatic heterocycles. The molecule has 2 unspecified atom stereocenters. The van der Waals surface area contributed by atoms with Gasteiger partial charge in [-0.2, -0.15) is 4.31 Å². The van der Waals surface area contributed by atoms with Crippen molar-refractivity contribution >= 4 is 27.3 Å². The van der Waals surface area contributed by atoms with Crippen LogP contribution in [-0.2, 0) is 19.5 Å². The highest BCUT2D eigenvalue weighted by molar-refractivity contribution is 7.89. The first kappa shape index (κ1) is 16.5. The summed E-state index contributed by atoms with van der Waals surface area (Å²) >= 11 is 5.91. The Kier molecular flexibility index (Phi) is 4.79. The molecule has 0 spiro atoms. The van der Waals surface area contributed by atoms with Crippen LogP contribution in [0.2, 0.25) is 5.02 Å². The van der Waals surface area contributed by atoms with Crippen LogP contribution >= 0.6 is 11.6 Å². The SMILES string of the molecule is COC1CN(S(=O)(=O)c2cc(N)c(Cl)cc2C)CC1OC. The highest BCUT2D eigenvalue weighted by Crippen LogP contribution is 2.30.